The second-order valence-corrected chi connectivity index (χ2v) is 9.76. The van der Waals surface area contributed by atoms with Crippen molar-refractivity contribution in [2.24, 2.45) is 0 Å². The van der Waals surface area contributed by atoms with Crippen LogP contribution in [0.15, 0.2) is 71.6 Å². The van der Waals surface area contributed by atoms with Gasteiger partial charge in [0.25, 0.3) is 5.91 Å². The van der Waals surface area contributed by atoms with Crippen LogP contribution in [-0.2, 0) is 11.2 Å². The Balaban J connectivity index is 1.32. The summed E-state index contributed by atoms with van der Waals surface area (Å²) in [5, 5.41) is 16.9. The van der Waals surface area contributed by atoms with Crippen molar-refractivity contribution in [2.75, 3.05) is 12.3 Å². The number of nitrogens with one attached hydrogen (secondary N) is 1. The van der Waals surface area contributed by atoms with E-state index >= 15 is 0 Å². The molecule has 0 saturated carbocycles. The fourth-order valence-electron chi connectivity index (χ4n) is 3.92. The number of nitrogens with two attached hydrogens (primary N) is 1. The Morgan fingerprint density at radius 2 is 1.89 bits per heavy atom. The molecule has 1 aliphatic heterocycles. The molecule has 1 aliphatic rings. The first-order chi connectivity index (χ1) is 16.9. The van der Waals surface area contributed by atoms with Gasteiger partial charge >= 0.3 is 5.97 Å². The number of benzene rings is 3. The summed E-state index contributed by atoms with van der Waals surface area (Å²) in [5.74, 6) is -0.631. The largest absolute Gasteiger partial charge is 0.478 e. The van der Waals surface area contributed by atoms with Crippen LogP contribution < -0.4 is 5.73 Å². The number of thiocarbonyl (C=S) groups is 1. The molecular weight excluding hydrogens is 480 g/mol. The molecule has 0 spiro atoms. The van der Waals surface area contributed by atoms with E-state index in [0.717, 1.165) is 33.2 Å². The molecule has 0 radical (unpaired) electrons. The maximum absolute atomic E-state index is 13.0. The third-order valence-corrected chi connectivity index (χ3v) is 7.19. The molecule has 0 aliphatic carbocycles. The Kier molecular flexibility index (Phi) is 6.10. The predicted molar refractivity (Wildman–Crippen MR) is 143 cm³/mol. The van der Waals surface area contributed by atoms with Gasteiger partial charge in [-0.25, -0.2) is 4.79 Å². The lowest BCUT2D eigenvalue weighted by Gasteiger charge is -2.14. The van der Waals surface area contributed by atoms with Crippen LogP contribution in [0, 0.1) is 0 Å². The van der Waals surface area contributed by atoms with Crippen LogP contribution in [0.25, 0.3) is 28.1 Å². The molecule has 4 aromatic rings. The molecule has 7 nitrogen and oxygen atoms in total. The first-order valence-corrected chi connectivity index (χ1v) is 12.0. The number of carboxylic acid groups (broad SMARTS) is 1. The zero-order chi connectivity index (χ0) is 24.5. The van der Waals surface area contributed by atoms with E-state index in [1.165, 1.54) is 11.8 Å². The number of H-pyrrole nitrogens is 1. The van der Waals surface area contributed by atoms with Crippen LogP contribution in [0.3, 0.4) is 0 Å². The third-order valence-electron chi connectivity index (χ3n) is 5.81. The van der Waals surface area contributed by atoms with Gasteiger partial charge in [0.1, 0.15) is 4.32 Å². The zero-order valence-corrected chi connectivity index (χ0v) is 20.0. The second-order valence-electron chi connectivity index (χ2n) is 8.08. The van der Waals surface area contributed by atoms with Crippen molar-refractivity contribution in [1.82, 2.24) is 15.1 Å². The number of hydrogen-bond donors (Lipinski definition) is 3. The summed E-state index contributed by atoms with van der Waals surface area (Å²) in [6.07, 6.45) is 2.43. The standard InChI is InChI=1S/C26H20N4O3S2/c27-23-20-14-19(8-9-21(20)28-29-23)18-3-1-2-16(12-18)13-22-24(31)30(26(34)35-22)11-10-15-4-6-17(7-5-15)25(32)33/h1-9,12-14H,10-11H2,(H,32,33)(H3,27,28,29)/b22-13-. The third kappa shape index (κ3) is 4.68. The second kappa shape index (κ2) is 9.36. The van der Waals surface area contributed by atoms with E-state index in [9.17, 15) is 9.59 Å². The fourth-order valence-corrected chi connectivity index (χ4v) is 5.23. The summed E-state index contributed by atoms with van der Waals surface area (Å²) in [7, 11) is 0. The molecule has 0 atom stereocenters. The summed E-state index contributed by atoms with van der Waals surface area (Å²) in [4.78, 5) is 26.2. The van der Waals surface area contributed by atoms with Gasteiger partial charge in [0.2, 0.25) is 0 Å². The molecule has 9 heteroatoms. The van der Waals surface area contributed by atoms with Crippen molar-refractivity contribution in [1.29, 1.82) is 0 Å². The minimum Gasteiger partial charge on any atom is -0.478 e. The molecule has 2 heterocycles. The molecule has 0 unspecified atom stereocenters. The number of nitrogen functional groups attached to an aromatic ring is 1. The smallest absolute Gasteiger partial charge is 0.335 e. The number of nitrogens with zero attached hydrogens (tertiary/aromatic N) is 2. The number of hydrogen-bond acceptors (Lipinski definition) is 6. The van der Waals surface area contributed by atoms with Crippen LogP contribution >= 0.6 is 24.0 Å². The monoisotopic (exact) mass is 500 g/mol. The first kappa shape index (κ1) is 22.8. The van der Waals surface area contributed by atoms with Crippen molar-refractivity contribution in [3.8, 4) is 11.1 Å². The maximum Gasteiger partial charge on any atom is 0.335 e. The Bertz CT molecular complexity index is 1510. The Morgan fingerprint density at radius 3 is 2.66 bits per heavy atom. The summed E-state index contributed by atoms with van der Waals surface area (Å²) in [5.41, 5.74) is 10.9. The number of amides is 1. The van der Waals surface area contributed by atoms with E-state index in [1.54, 1.807) is 29.2 Å². The molecule has 4 N–H and O–H groups in total. The number of carboxylic acids is 1. The number of thioether (sulfide) groups is 1. The first-order valence-electron chi connectivity index (χ1n) is 10.8. The average molecular weight is 501 g/mol. The highest BCUT2D eigenvalue weighted by molar-refractivity contribution is 8.26. The minimum atomic E-state index is -0.964. The lowest BCUT2D eigenvalue weighted by atomic mass is 10.0. The molecule has 1 saturated heterocycles. The van der Waals surface area contributed by atoms with Gasteiger partial charge in [-0.1, -0.05) is 60.4 Å². The number of carbonyl (C=O) groups excluding carboxylic acids is 1. The molecule has 0 bridgehead atoms. The van der Waals surface area contributed by atoms with Gasteiger partial charge in [-0.2, -0.15) is 5.10 Å². The SMILES string of the molecule is Nc1n[nH]c2ccc(-c3cccc(/C=C4\SC(=S)N(CCc5ccc(C(=O)O)cc5)C4=O)c3)cc12. The molecule has 1 fully saturated rings. The lowest BCUT2D eigenvalue weighted by molar-refractivity contribution is -0.122. The van der Waals surface area contributed by atoms with Crippen LogP contribution in [0.1, 0.15) is 21.5 Å². The Labute approximate surface area is 210 Å². The van der Waals surface area contributed by atoms with E-state index in [2.05, 4.69) is 10.2 Å². The Hall–Kier alpha value is -3.95. The summed E-state index contributed by atoms with van der Waals surface area (Å²) in [6, 6.07) is 20.5. The summed E-state index contributed by atoms with van der Waals surface area (Å²) in [6.45, 7) is 0.431. The number of aromatic nitrogens is 2. The number of aromatic amines is 1. The highest BCUT2D eigenvalue weighted by atomic mass is 32.2. The molecular formula is C26H20N4O3S2. The number of fused-ring (bicyclic) bond motifs is 1. The Morgan fingerprint density at radius 1 is 1.11 bits per heavy atom. The van der Waals surface area contributed by atoms with Gasteiger partial charge in [-0.15, -0.1) is 0 Å². The highest BCUT2D eigenvalue weighted by Crippen LogP contribution is 2.34. The van der Waals surface area contributed by atoms with Crippen LogP contribution in [-0.4, -0.2) is 42.9 Å². The average Bonchev–Trinajstić information content (AvgIpc) is 3.36. The number of rotatable bonds is 6. The fraction of sp³-hybridized carbons (Fsp3) is 0.0769. The van der Waals surface area contributed by atoms with E-state index < -0.39 is 5.97 Å². The van der Waals surface area contributed by atoms with Crippen molar-refractivity contribution in [3.05, 3.63) is 88.3 Å². The van der Waals surface area contributed by atoms with Gasteiger partial charge < -0.3 is 10.8 Å². The van der Waals surface area contributed by atoms with Gasteiger partial charge in [0, 0.05) is 11.9 Å². The van der Waals surface area contributed by atoms with Crippen LogP contribution in [0.2, 0.25) is 0 Å². The van der Waals surface area contributed by atoms with E-state index in [1.807, 2.05) is 48.5 Å². The normalized spacial score (nSPS) is 14.9. The molecule has 5 rings (SSSR count). The predicted octanol–water partition coefficient (Wildman–Crippen LogP) is 4.95. The molecule has 1 amide bonds. The van der Waals surface area contributed by atoms with Gasteiger partial charge in [0.05, 0.1) is 16.0 Å². The number of anilines is 1. The van der Waals surface area contributed by atoms with Crippen molar-refractivity contribution in [3.63, 3.8) is 0 Å². The minimum absolute atomic E-state index is 0.125. The van der Waals surface area contributed by atoms with Gasteiger partial charge in [-0.05, 0) is 65.1 Å². The van der Waals surface area contributed by atoms with Crippen LogP contribution in [0.5, 0.6) is 0 Å². The van der Waals surface area contributed by atoms with Crippen molar-refractivity contribution >= 4 is 63.0 Å². The summed E-state index contributed by atoms with van der Waals surface area (Å²) < 4.78 is 0.514. The van der Waals surface area contributed by atoms with Gasteiger partial charge in [0.15, 0.2) is 5.82 Å². The summed E-state index contributed by atoms with van der Waals surface area (Å²) >= 11 is 6.75. The molecule has 1 aromatic heterocycles. The van der Waals surface area contributed by atoms with E-state index in [-0.39, 0.29) is 11.5 Å². The molecule has 35 heavy (non-hydrogen) atoms. The highest BCUT2D eigenvalue weighted by Gasteiger charge is 2.31. The topological polar surface area (TPSA) is 112 Å². The molecule has 3 aromatic carbocycles. The van der Waals surface area contributed by atoms with Crippen molar-refractivity contribution in [2.45, 2.75) is 6.42 Å². The maximum atomic E-state index is 13.0. The van der Waals surface area contributed by atoms with Crippen molar-refractivity contribution < 1.29 is 14.7 Å². The van der Waals surface area contributed by atoms with E-state index in [4.69, 9.17) is 23.1 Å². The quantitative estimate of drug-likeness (QED) is 0.254. The van der Waals surface area contributed by atoms with Crippen LogP contribution in [0.4, 0.5) is 5.82 Å². The lowest BCUT2D eigenvalue weighted by Crippen LogP contribution is -2.30. The van der Waals surface area contributed by atoms with E-state index in [0.29, 0.717) is 28.0 Å². The number of carbonyl (C=O) groups is 2. The zero-order valence-electron chi connectivity index (χ0n) is 18.4. The number of aromatic carboxylic acids is 1. The van der Waals surface area contributed by atoms with Gasteiger partial charge in [-0.3, -0.25) is 14.8 Å². The molecule has 174 valence electrons.